The average molecular weight is 310 g/mol. The molecular formula is C14H20ClN5O. The molecule has 0 N–H and O–H groups in total. The zero-order valence-electron chi connectivity index (χ0n) is 12.7. The summed E-state index contributed by atoms with van der Waals surface area (Å²) >= 11 is 5.88. The standard InChI is InChI=1S/C14H20ClN5O/c1-5-19-7-6-12(17-19)10-18(4)13(21)14(2,3)20-9-11(15)8-16-20/h6-9H,5,10H2,1-4H3. The van der Waals surface area contributed by atoms with E-state index >= 15 is 0 Å². The summed E-state index contributed by atoms with van der Waals surface area (Å²) in [4.78, 5) is 14.3. The monoisotopic (exact) mass is 309 g/mol. The van der Waals surface area contributed by atoms with Gasteiger partial charge in [0.05, 0.1) is 23.5 Å². The lowest BCUT2D eigenvalue weighted by Crippen LogP contribution is -2.45. The van der Waals surface area contributed by atoms with E-state index in [2.05, 4.69) is 10.2 Å². The van der Waals surface area contributed by atoms with Crippen LogP contribution in [-0.4, -0.2) is 37.4 Å². The Hall–Kier alpha value is -1.82. The summed E-state index contributed by atoms with van der Waals surface area (Å²) in [5.41, 5.74) is 0.0665. The van der Waals surface area contributed by atoms with Crippen LogP contribution in [-0.2, 0) is 23.4 Å². The Bertz CT molecular complexity index is 631. The third-order valence-corrected chi connectivity index (χ3v) is 3.61. The van der Waals surface area contributed by atoms with Crippen molar-refractivity contribution in [2.24, 2.45) is 0 Å². The first kappa shape index (κ1) is 15.6. The Morgan fingerprint density at radius 1 is 1.48 bits per heavy atom. The van der Waals surface area contributed by atoms with Crippen molar-refractivity contribution in [2.45, 2.75) is 39.4 Å². The summed E-state index contributed by atoms with van der Waals surface area (Å²) in [5, 5.41) is 9.04. The lowest BCUT2D eigenvalue weighted by molar-refractivity contribution is -0.139. The third kappa shape index (κ3) is 3.26. The van der Waals surface area contributed by atoms with Crippen LogP contribution in [0.15, 0.2) is 24.7 Å². The van der Waals surface area contributed by atoms with Crippen LogP contribution < -0.4 is 0 Å². The van der Waals surface area contributed by atoms with E-state index in [4.69, 9.17) is 11.6 Å². The Balaban J connectivity index is 2.11. The molecule has 114 valence electrons. The van der Waals surface area contributed by atoms with Crippen molar-refractivity contribution in [3.05, 3.63) is 35.4 Å². The van der Waals surface area contributed by atoms with Gasteiger partial charge in [-0.05, 0) is 26.8 Å². The van der Waals surface area contributed by atoms with Crippen LogP contribution in [0.3, 0.4) is 0 Å². The maximum atomic E-state index is 12.6. The van der Waals surface area contributed by atoms with Gasteiger partial charge in [0, 0.05) is 26.0 Å². The minimum Gasteiger partial charge on any atom is -0.338 e. The molecule has 6 nitrogen and oxygen atoms in total. The van der Waals surface area contributed by atoms with E-state index in [9.17, 15) is 4.79 Å². The molecule has 0 atom stereocenters. The SMILES string of the molecule is CCn1ccc(CN(C)C(=O)C(C)(C)n2cc(Cl)cn2)n1. The molecule has 0 radical (unpaired) electrons. The van der Waals surface area contributed by atoms with Gasteiger partial charge in [-0.2, -0.15) is 10.2 Å². The summed E-state index contributed by atoms with van der Waals surface area (Å²) in [6.45, 7) is 6.94. The number of hydrogen-bond acceptors (Lipinski definition) is 3. The molecule has 21 heavy (non-hydrogen) atoms. The molecule has 0 unspecified atom stereocenters. The molecule has 0 aliphatic carbocycles. The first-order valence-corrected chi connectivity index (χ1v) is 7.21. The van der Waals surface area contributed by atoms with Gasteiger partial charge >= 0.3 is 0 Å². The molecule has 1 amide bonds. The van der Waals surface area contributed by atoms with Gasteiger partial charge in [-0.1, -0.05) is 11.6 Å². The van der Waals surface area contributed by atoms with Gasteiger partial charge < -0.3 is 4.90 Å². The Morgan fingerprint density at radius 2 is 2.19 bits per heavy atom. The fourth-order valence-corrected chi connectivity index (χ4v) is 2.29. The first-order chi connectivity index (χ1) is 9.84. The Kier molecular flexibility index (Phi) is 4.37. The fraction of sp³-hybridized carbons (Fsp3) is 0.500. The van der Waals surface area contributed by atoms with Crippen molar-refractivity contribution in [2.75, 3.05) is 7.05 Å². The highest BCUT2D eigenvalue weighted by atomic mass is 35.5. The van der Waals surface area contributed by atoms with Crippen LogP contribution in [0.4, 0.5) is 0 Å². The summed E-state index contributed by atoms with van der Waals surface area (Å²) in [7, 11) is 1.76. The number of amides is 1. The molecular weight excluding hydrogens is 290 g/mol. The van der Waals surface area contributed by atoms with Crippen LogP contribution in [0.1, 0.15) is 26.5 Å². The minimum atomic E-state index is -0.796. The minimum absolute atomic E-state index is 0.0479. The number of likely N-dealkylation sites (N-methyl/N-ethyl adjacent to an activating group) is 1. The number of nitrogens with zero attached hydrogens (tertiary/aromatic N) is 5. The van der Waals surface area contributed by atoms with Crippen LogP contribution in [0.2, 0.25) is 5.02 Å². The number of rotatable bonds is 5. The first-order valence-electron chi connectivity index (χ1n) is 6.83. The van der Waals surface area contributed by atoms with Crippen LogP contribution in [0.25, 0.3) is 0 Å². The van der Waals surface area contributed by atoms with E-state index in [0.29, 0.717) is 11.6 Å². The highest BCUT2D eigenvalue weighted by Crippen LogP contribution is 2.20. The molecule has 2 heterocycles. The molecule has 7 heteroatoms. The maximum Gasteiger partial charge on any atom is 0.250 e. The van der Waals surface area contributed by atoms with Crippen molar-refractivity contribution in [1.29, 1.82) is 0 Å². The van der Waals surface area contributed by atoms with E-state index in [1.54, 1.807) is 22.8 Å². The maximum absolute atomic E-state index is 12.6. The third-order valence-electron chi connectivity index (χ3n) is 3.41. The van der Waals surface area contributed by atoms with Gasteiger partial charge in [0.25, 0.3) is 0 Å². The van der Waals surface area contributed by atoms with Gasteiger partial charge in [0.1, 0.15) is 5.54 Å². The summed E-state index contributed by atoms with van der Waals surface area (Å²) in [5.74, 6) is -0.0479. The predicted molar refractivity (Wildman–Crippen MR) is 80.9 cm³/mol. The van der Waals surface area contributed by atoms with Gasteiger partial charge in [0.15, 0.2) is 0 Å². The van der Waals surface area contributed by atoms with Crippen LogP contribution in [0.5, 0.6) is 0 Å². The van der Waals surface area contributed by atoms with Gasteiger partial charge in [-0.25, -0.2) is 0 Å². The Morgan fingerprint density at radius 3 is 2.71 bits per heavy atom. The fourth-order valence-electron chi connectivity index (χ4n) is 2.15. The molecule has 0 saturated heterocycles. The topological polar surface area (TPSA) is 56.0 Å². The van der Waals surface area contributed by atoms with E-state index in [1.165, 1.54) is 6.20 Å². The number of aryl methyl sites for hydroxylation is 1. The molecule has 0 aromatic carbocycles. The smallest absolute Gasteiger partial charge is 0.250 e. The molecule has 2 rings (SSSR count). The van der Waals surface area contributed by atoms with E-state index in [0.717, 1.165) is 12.2 Å². The molecule has 0 bridgehead atoms. The van der Waals surface area contributed by atoms with Crippen molar-refractivity contribution in [1.82, 2.24) is 24.5 Å². The van der Waals surface area contributed by atoms with Gasteiger partial charge in [-0.15, -0.1) is 0 Å². The van der Waals surface area contributed by atoms with Crippen molar-refractivity contribution >= 4 is 17.5 Å². The summed E-state index contributed by atoms with van der Waals surface area (Å²) in [6, 6.07) is 1.92. The molecule has 2 aromatic heterocycles. The van der Waals surface area contributed by atoms with Gasteiger partial charge in [-0.3, -0.25) is 14.2 Å². The number of carbonyl (C=O) groups is 1. The van der Waals surface area contributed by atoms with E-state index < -0.39 is 5.54 Å². The summed E-state index contributed by atoms with van der Waals surface area (Å²) < 4.78 is 3.42. The zero-order chi connectivity index (χ0) is 15.6. The molecule has 0 fully saturated rings. The van der Waals surface area contributed by atoms with E-state index in [1.807, 2.05) is 37.7 Å². The number of aromatic nitrogens is 4. The van der Waals surface area contributed by atoms with Gasteiger partial charge in [0.2, 0.25) is 5.91 Å². The second kappa shape index (κ2) is 5.89. The number of hydrogen-bond donors (Lipinski definition) is 0. The number of carbonyl (C=O) groups excluding carboxylic acids is 1. The number of halogens is 1. The highest BCUT2D eigenvalue weighted by molar-refractivity contribution is 6.30. The van der Waals surface area contributed by atoms with Crippen LogP contribution >= 0.6 is 11.6 Å². The van der Waals surface area contributed by atoms with Crippen molar-refractivity contribution in [3.63, 3.8) is 0 Å². The molecule has 0 saturated carbocycles. The second-order valence-corrected chi connectivity index (χ2v) is 5.92. The lowest BCUT2D eigenvalue weighted by atomic mass is 10.0. The molecule has 0 aliphatic heterocycles. The van der Waals surface area contributed by atoms with E-state index in [-0.39, 0.29) is 5.91 Å². The van der Waals surface area contributed by atoms with Crippen molar-refractivity contribution in [3.8, 4) is 0 Å². The normalized spacial score (nSPS) is 11.7. The van der Waals surface area contributed by atoms with Crippen molar-refractivity contribution < 1.29 is 4.79 Å². The van der Waals surface area contributed by atoms with Crippen LogP contribution in [0, 0.1) is 0 Å². The Labute approximate surface area is 129 Å². The second-order valence-electron chi connectivity index (χ2n) is 5.49. The molecule has 2 aromatic rings. The summed E-state index contributed by atoms with van der Waals surface area (Å²) in [6.07, 6.45) is 5.09. The average Bonchev–Trinajstić information content (AvgIpc) is 3.06. The lowest BCUT2D eigenvalue weighted by Gasteiger charge is -2.29. The quantitative estimate of drug-likeness (QED) is 0.850. The zero-order valence-corrected chi connectivity index (χ0v) is 13.5. The molecule has 0 spiro atoms. The molecule has 0 aliphatic rings. The highest BCUT2D eigenvalue weighted by Gasteiger charge is 2.33. The largest absolute Gasteiger partial charge is 0.338 e. The predicted octanol–water partition coefficient (Wildman–Crippen LogP) is 2.15.